The highest BCUT2D eigenvalue weighted by Gasteiger charge is 2.21. The molecule has 96 valence electrons. The lowest BCUT2D eigenvalue weighted by atomic mass is 9.86. The first-order valence-corrected chi connectivity index (χ1v) is 6.84. The Hall–Kier alpha value is -1.49. The Labute approximate surface area is 110 Å². The maximum atomic E-state index is 8.91. The van der Waals surface area contributed by atoms with Crippen LogP contribution in [0.1, 0.15) is 42.4 Å². The summed E-state index contributed by atoms with van der Waals surface area (Å²) in [6.45, 7) is 6.53. The van der Waals surface area contributed by atoms with Crippen LogP contribution in [0.2, 0.25) is 0 Å². The maximum absolute atomic E-state index is 8.91. The van der Waals surface area contributed by atoms with Gasteiger partial charge in [-0.15, -0.1) is 0 Å². The van der Waals surface area contributed by atoms with Gasteiger partial charge in [-0.1, -0.05) is 6.07 Å². The molecule has 0 heterocycles. The third-order valence-corrected chi connectivity index (χ3v) is 4.33. The molecule has 0 amide bonds. The zero-order valence-corrected chi connectivity index (χ0v) is 11.6. The van der Waals surface area contributed by atoms with Crippen molar-refractivity contribution in [2.75, 3.05) is 5.32 Å². The minimum atomic E-state index is 0.281. The van der Waals surface area contributed by atoms with Gasteiger partial charge < -0.3 is 5.32 Å². The van der Waals surface area contributed by atoms with Crippen molar-refractivity contribution in [2.24, 2.45) is 5.92 Å². The summed E-state index contributed by atoms with van der Waals surface area (Å²) in [6, 6.07) is 7.30. The third-order valence-electron chi connectivity index (χ3n) is 4.33. The highest BCUT2D eigenvalue weighted by molar-refractivity contribution is 5.56. The van der Waals surface area contributed by atoms with Gasteiger partial charge in [0.05, 0.1) is 6.07 Å². The van der Waals surface area contributed by atoms with E-state index in [9.17, 15) is 0 Å². The summed E-state index contributed by atoms with van der Waals surface area (Å²) in [7, 11) is 0. The van der Waals surface area contributed by atoms with Crippen LogP contribution in [0.3, 0.4) is 0 Å². The number of nitrogens with zero attached hydrogens (tertiary/aromatic N) is 1. The molecule has 1 aliphatic rings. The average molecular weight is 242 g/mol. The van der Waals surface area contributed by atoms with Crippen LogP contribution in [0.15, 0.2) is 12.1 Å². The van der Waals surface area contributed by atoms with E-state index in [2.05, 4.69) is 44.3 Å². The van der Waals surface area contributed by atoms with Gasteiger partial charge >= 0.3 is 0 Å². The Morgan fingerprint density at radius 2 is 1.72 bits per heavy atom. The zero-order chi connectivity index (χ0) is 13.1. The zero-order valence-electron chi connectivity index (χ0n) is 11.6. The average Bonchev–Trinajstić information content (AvgIpc) is 2.40. The van der Waals surface area contributed by atoms with Gasteiger partial charge in [0.2, 0.25) is 0 Å². The molecule has 0 aromatic heterocycles. The van der Waals surface area contributed by atoms with E-state index in [1.165, 1.54) is 22.4 Å². The molecule has 1 fully saturated rings. The topological polar surface area (TPSA) is 35.8 Å². The van der Waals surface area contributed by atoms with E-state index in [1.54, 1.807) is 0 Å². The molecular formula is C16H22N2. The van der Waals surface area contributed by atoms with E-state index < -0.39 is 0 Å². The molecule has 2 rings (SSSR count). The highest BCUT2D eigenvalue weighted by Crippen LogP contribution is 2.28. The van der Waals surface area contributed by atoms with Crippen molar-refractivity contribution in [3.63, 3.8) is 0 Å². The molecule has 0 unspecified atom stereocenters. The van der Waals surface area contributed by atoms with Gasteiger partial charge in [-0.2, -0.15) is 5.26 Å². The molecule has 0 radical (unpaired) electrons. The van der Waals surface area contributed by atoms with E-state index in [1.807, 2.05) is 0 Å². The summed E-state index contributed by atoms with van der Waals surface area (Å²) in [5.74, 6) is 0.281. The van der Waals surface area contributed by atoms with Gasteiger partial charge in [0.15, 0.2) is 0 Å². The molecule has 0 bridgehead atoms. The van der Waals surface area contributed by atoms with Crippen molar-refractivity contribution in [1.82, 2.24) is 0 Å². The standard InChI is InChI=1S/C16H22N2/c1-11-4-9-16(13(3)12(11)2)18-15-7-5-14(10-17)6-8-15/h4,9,14-15,18H,5-8H2,1-3H3. The number of nitrogens with one attached hydrogen (secondary N) is 1. The van der Waals surface area contributed by atoms with Crippen LogP contribution in [0, 0.1) is 38.0 Å². The summed E-state index contributed by atoms with van der Waals surface area (Å²) < 4.78 is 0. The molecular weight excluding hydrogens is 220 g/mol. The molecule has 2 nitrogen and oxygen atoms in total. The van der Waals surface area contributed by atoms with Gasteiger partial charge in [0.25, 0.3) is 0 Å². The monoisotopic (exact) mass is 242 g/mol. The number of nitriles is 1. The fourth-order valence-corrected chi connectivity index (χ4v) is 2.70. The lowest BCUT2D eigenvalue weighted by molar-refractivity contribution is 0.397. The van der Waals surface area contributed by atoms with Crippen molar-refractivity contribution in [3.05, 3.63) is 28.8 Å². The minimum Gasteiger partial charge on any atom is -0.382 e. The fraction of sp³-hybridized carbons (Fsp3) is 0.562. The van der Waals surface area contributed by atoms with E-state index in [0.29, 0.717) is 6.04 Å². The van der Waals surface area contributed by atoms with Gasteiger partial charge in [0, 0.05) is 17.6 Å². The van der Waals surface area contributed by atoms with Gasteiger partial charge in [0.1, 0.15) is 0 Å². The predicted molar refractivity (Wildman–Crippen MR) is 75.6 cm³/mol. The Morgan fingerprint density at radius 3 is 2.33 bits per heavy atom. The first-order valence-electron chi connectivity index (χ1n) is 6.84. The number of benzene rings is 1. The Morgan fingerprint density at radius 1 is 1.06 bits per heavy atom. The van der Waals surface area contributed by atoms with E-state index in [0.717, 1.165) is 25.7 Å². The fourth-order valence-electron chi connectivity index (χ4n) is 2.70. The summed E-state index contributed by atoms with van der Waals surface area (Å²) in [6.07, 6.45) is 4.31. The molecule has 1 aromatic rings. The molecule has 1 saturated carbocycles. The van der Waals surface area contributed by atoms with Crippen molar-refractivity contribution in [1.29, 1.82) is 5.26 Å². The minimum absolute atomic E-state index is 0.281. The van der Waals surface area contributed by atoms with Gasteiger partial charge in [-0.05, 0) is 69.2 Å². The van der Waals surface area contributed by atoms with Gasteiger partial charge in [-0.3, -0.25) is 0 Å². The lowest BCUT2D eigenvalue weighted by Gasteiger charge is -2.27. The van der Waals surface area contributed by atoms with E-state index in [-0.39, 0.29) is 5.92 Å². The smallest absolute Gasteiger partial charge is 0.0655 e. The number of anilines is 1. The highest BCUT2D eigenvalue weighted by atomic mass is 14.9. The molecule has 0 saturated heterocycles. The molecule has 2 heteroatoms. The Kier molecular flexibility index (Phi) is 3.91. The predicted octanol–water partition coefficient (Wildman–Crippen LogP) is 4.11. The Bertz CT molecular complexity index is 463. The number of hydrogen-bond donors (Lipinski definition) is 1. The number of rotatable bonds is 2. The quantitative estimate of drug-likeness (QED) is 0.847. The molecule has 18 heavy (non-hydrogen) atoms. The summed E-state index contributed by atoms with van der Waals surface area (Å²) >= 11 is 0. The third kappa shape index (κ3) is 2.67. The lowest BCUT2D eigenvalue weighted by Crippen LogP contribution is -2.26. The van der Waals surface area contributed by atoms with Crippen LogP contribution in [0.5, 0.6) is 0 Å². The van der Waals surface area contributed by atoms with Gasteiger partial charge in [-0.25, -0.2) is 0 Å². The normalized spacial score (nSPS) is 23.4. The summed E-state index contributed by atoms with van der Waals surface area (Å²) in [5, 5.41) is 12.6. The second kappa shape index (κ2) is 5.44. The van der Waals surface area contributed by atoms with Crippen LogP contribution in [0.4, 0.5) is 5.69 Å². The second-order valence-corrected chi connectivity index (χ2v) is 5.50. The number of hydrogen-bond acceptors (Lipinski definition) is 2. The van der Waals surface area contributed by atoms with Crippen LogP contribution >= 0.6 is 0 Å². The first-order chi connectivity index (χ1) is 8.61. The summed E-state index contributed by atoms with van der Waals surface area (Å²) in [5.41, 5.74) is 5.35. The molecule has 1 aliphatic carbocycles. The van der Waals surface area contributed by atoms with Crippen LogP contribution in [0.25, 0.3) is 0 Å². The van der Waals surface area contributed by atoms with Crippen LogP contribution in [-0.2, 0) is 0 Å². The van der Waals surface area contributed by atoms with Crippen molar-refractivity contribution in [2.45, 2.75) is 52.5 Å². The molecule has 0 aliphatic heterocycles. The molecule has 0 atom stereocenters. The van der Waals surface area contributed by atoms with Crippen LogP contribution in [-0.4, -0.2) is 6.04 Å². The SMILES string of the molecule is Cc1ccc(NC2CCC(C#N)CC2)c(C)c1C. The molecule has 0 spiro atoms. The number of aryl methyl sites for hydroxylation is 1. The van der Waals surface area contributed by atoms with Crippen molar-refractivity contribution < 1.29 is 0 Å². The van der Waals surface area contributed by atoms with E-state index >= 15 is 0 Å². The Balaban J connectivity index is 2.03. The first kappa shape index (κ1) is 13.0. The summed E-state index contributed by atoms with van der Waals surface area (Å²) in [4.78, 5) is 0. The van der Waals surface area contributed by atoms with Crippen molar-refractivity contribution >= 4 is 5.69 Å². The molecule has 1 aromatic carbocycles. The molecule has 1 N–H and O–H groups in total. The van der Waals surface area contributed by atoms with Crippen LogP contribution < -0.4 is 5.32 Å². The van der Waals surface area contributed by atoms with E-state index in [4.69, 9.17) is 5.26 Å². The van der Waals surface area contributed by atoms with Crippen molar-refractivity contribution in [3.8, 4) is 6.07 Å². The second-order valence-electron chi connectivity index (χ2n) is 5.50. The largest absolute Gasteiger partial charge is 0.382 e. The maximum Gasteiger partial charge on any atom is 0.0655 e.